The molecule has 0 bridgehead atoms. The van der Waals surface area contributed by atoms with Crippen LogP contribution >= 0.6 is 15.9 Å². The summed E-state index contributed by atoms with van der Waals surface area (Å²) in [6.45, 7) is 1.94. The van der Waals surface area contributed by atoms with Crippen molar-refractivity contribution in [2.45, 2.75) is 38.0 Å². The molecule has 13 heteroatoms. The number of rotatable bonds is 5. The highest BCUT2D eigenvalue weighted by atomic mass is 79.9. The molecule has 2 aromatic heterocycles. The Kier molecular flexibility index (Phi) is 7.74. The highest BCUT2D eigenvalue weighted by molar-refractivity contribution is 9.10. The van der Waals surface area contributed by atoms with Gasteiger partial charge in [0.15, 0.2) is 5.82 Å². The molecule has 0 aliphatic carbocycles. The minimum atomic E-state index is -4.63. The predicted molar refractivity (Wildman–Crippen MR) is 172 cm³/mol. The maximum atomic E-state index is 14.5. The number of hydrogen-bond acceptors (Lipinski definition) is 5. The lowest BCUT2D eigenvalue weighted by molar-refractivity contribution is -0.138. The zero-order valence-corrected chi connectivity index (χ0v) is 27.0. The Morgan fingerprint density at radius 3 is 2.47 bits per heavy atom. The lowest BCUT2D eigenvalue weighted by atomic mass is 9.84. The lowest BCUT2D eigenvalue weighted by Gasteiger charge is -2.47. The topological polar surface area (TPSA) is 89.2 Å². The van der Waals surface area contributed by atoms with E-state index < -0.39 is 35.6 Å². The number of hydrogen-bond donors (Lipinski definition) is 0. The highest BCUT2D eigenvalue weighted by Gasteiger charge is 2.48. The summed E-state index contributed by atoms with van der Waals surface area (Å²) >= 11 is 2.96. The SMILES string of the molecule is C[C@H]1CC2C(=O)N(c3ccc(-c4nncn4C)cc3)c3c(Cc4ccccc4)cnn3C2CN1C(=O)c1ccc(Br)c(C(F)(F)F)c1. The molecule has 0 spiro atoms. The van der Waals surface area contributed by atoms with E-state index in [9.17, 15) is 22.8 Å². The molecule has 3 aromatic carbocycles. The number of likely N-dealkylation sites (tertiary alicyclic amines) is 1. The summed E-state index contributed by atoms with van der Waals surface area (Å²) in [7, 11) is 1.86. The van der Waals surface area contributed by atoms with E-state index in [0.717, 1.165) is 22.8 Å². The average molecular weight is 705 g/mol. The van der Waals surface area contributed by atoms with E-state index in [4.69, 9.17) is 5.10 Å². The smallest absolute Gasteiger partial charge is 0.334 e. The van der Waals surface area contributed by atoms with Gasteiger partial charge in [-0.15, -0.1) is 10.2 Å². The summed E-state index contributed by atoms with van der Waals surface area (Å²) in [5.41, 5.74) is 2.40. The lowest BCUT2D eigenvalue weighted by Crippen LogP contribution is -2.56. The fraction of sp³-hybridized carbons (Fsp3) is 0.265. The molecule has 47 heavy (non-hydrogen) atoms. The first-order chi connectivity index (χ1) is 22.5. The average Bonchev–Trinajstić information content (AvgIpc) is 3.67. The van der Waals surface area contributed by atoms with Crippen LogP contribution in [0.5, 0.6) is 0 Å². The van der Waals surface area contributed by atoms with E-state index >= 15 is 0 Å². The molecule has 9 nitrogen and oxygen atoms in total. The fourth-order valence-corrected chi connectivity index (χ4v) is 7.11. The summed E-state index contributed by atoms with van der Waals surface area (Å²) < 4.78 is 44.5. The molecule has 0 N–H and O–H groups in total. The minimum Gasteiger partial charge on any atom is -0.334 e. The standard InChI is InChI=1S/C34H29BrF3N7O2/c1-20-14-26-29(18-43(20)32(46)23-10-13-28(35)27(16-23)34(36,37)38)45-31(24(17-40-45)15-21-6-4-3-5-7-21)44(33(26)47)25-11-8-22(9-12-25)30-41-39-19-42(30)2/h3-13,16-17,19-20,26,29H,14-15,18H2,1-2H3/t20-,26?,29?/m0/s1. The van der Waals surface area contributed by atoms with Crippen LogP contribution < -0.4 is 4.90 Å². The van der Waals surface area contributed by atoms with Crippen molar-refractivity contribution in [3.63, 3.8) is 0 Å². The van der Waals surface area contributed by atoms with Crippen LogP contribution in [0.1, 0.15) is 46.4 Å². The molecule has 4 heterocycles. The molecule has 2 aliphatic rings. The van der Waals surface area contributed by atoms with Gasteiger partial charge in [0.1, 0.15) is 12.1 Å². The van der Waals surface area contributed by atoms with Crippen LogP contribution in [0.15, 0.2) is 89.8 Å². The van der Waals surface area contributed by atoms with Gasteiger partial charge in [-0.1, -0.05) is 46.3 Å². The largest absolute Gasteiger partial charge is 0.417 e. The number of carbonyl (C=O) groups excluding carboxylic acids is 2. The van der Waals surface area contributed by atoms with Crippen molar-refractivity contribution in [2.24, 2.45) is 13.0 Å². The minimum absolute atomic E-state index is 0.0666. The first kappa shape index (κ1) is 30.9. The van der Waals surface area contributed by atoms with E-state index in [-0.39, 0.29) is 22.5 Å². The number of aryl methyl sites for hydroxylation is 1. The van der Waals surface area contributed by atoms with Gasteiger partial charge in [-0.05, 0) is 61.4 Å². The molecule has 1 fully saturated rings. The third kappa shape index (κ3) is 5.52. The zero-order valence-electron chi connectivity index (χ0n) is 25.4. The van der Waals surface area contributed by atoms with Gasteiger partial charge in [0.25, 0.3) is 5.91 Å². The summed E-state index contributed by atoms with van der Waals surface area (Å²) in [6, 6.07) is 20.0. The quantitative estimate of drug-likeness (QED) is 0.201. The third-order valence-corrected chi connectivity index (χ3v) is 9.68. The van der Waals surface area contributed by atoms with Crippen molar-refractivity contribution in [2.75, 3.05) is 11.4 Å². The van der Waals surface area contributed by atoms with Gasteiger partial charge >= 0.3 is 6.18 Å². The highest BCUT2D eigenvalue weighted by Crippen LogP contribution is 2.45. The Morgan fingerprint density at radius 2 is 1.79 bits per heavy atom. The number of halogens is 4. The Bertz CT molecular complexity index is 1970. The Balaban J connectivity index is 1.27. The second kappa shape index (κ2) is 11.8. The predicted octanol–water partition coefficient (Wildman–Crippen LogP) is 6.82. The van der Waals surface area contributed by atoms with E-state index in [1.54, 1.807) is 22.3 Å². The van der Waals surface area contributed by atoms with E-state index in [1.165, 1.54) is 12.1 Å². The van der Waals surface area contributed by atoms with Crippen LogP contribution in [-0.4, -0.2) is 53.8 Å². The van der Waals surface area contributed by atoms with E-state index in [0.29, 0.717) is 30.2 Å². The molecule has 2 unspecified atom stereocenters. The van der Waals surface area contributed by atoms with Crippen molar-refractivity contribution in [3.05, 3.63) is 112 Å². The summed E-state index contributed by atoms with van der Waals surface area (Å²) in [4.78, 5) is 31.5. The van der Waals surface area contributed by atoms with E-state index in [1.807, 2.05) is 77.8 Å². The van der Waals surface area contributed by atoms with Gasteiger partial charge in [0.2, 0.25) is 5.91 Å². The van der Waals surface area contributed by atoms with Crippen molar-refractivity contribution in [1.29, 1.82) is 0 Å². The molecule has 7 rings (SSSR count). The van der Waals surface area contributed by atoms with Gasteiger partial charge in [0.05, 0.1) is 29.4 Å². The van der Waals surface area contributed by atoms with Crippen LogP contribution in [0, 0.1) is 5.92 Å². The molecule has 5 aromatic rings. The fourth-order valence-electron chi connectivity index (χ4n) is 6.64. The van der Waals surface area contributed by atoms with Gasteiger partial charge in [-0.25, -0.2) is 4.68 Å². The third-order valence-electron chi connectivity index (χ3n) is 8.99. The maximum absolute atomic E-state index is 14.5. The molecule has 2 amide bonds. The number of carbonyl (C=O) groups is 2. The van der Waals surface area contributed by atoms with Gasteiger partial charge in [-0.3, -0.25) is 14.5 Å². The van der Waals surface area contributed by atoms with Crippen molar-refractivity contribution < 1.29 is 22.8 Å². The first-order valence-corrected chi connectivity index (χ1v) is 15.9. The Morgan fingerprint density at radius 1 is 1.04 bits per heavy atom. The van der Waals surface area contributed by atoms with Crippen molar-refractivity contribution >= 4 is 39.2 Å². The van der Waals surface area contributed by atoms with Crippen molar-refractivity contribution in [3.8, 4) is 11.4 Å². The summed E-state index contributed by atoms with van der Waals surface area (Å²) in [5.74, 6) is 0.138. The number of alkyl halides is 3. The normalized spacial score (nSPS) is 19.4. The summed E-state index contributed by atoms with van der Waals surface area (Å²) in [6.07, 6.45) is -0.409. The molecule has 0 radical (unpaired) electrons. The first-order valence-electron chi connectivity index (χ1n) is 15.1. The van der Waals surface area contributed by atoms with Gasteiger partial charge in [-0.2, -0.15) is 18.3 Å². The Hall–Kier alpha value is -4.78. The molecular weight excluding hydrogens is 675 g/mol. The van der Waals surface area contributed by atoms with Crippen LogP contribution in [0.4, 0.5) is 24.7 Å². The van der Waals surface area contributed by atoms with Crippen LogP contribution in [0.25, 0.3) is 11.4 Å². The molecule has 3 atom stereocenters. The molecule has 240 valence electrons. The second-order valence-electron chi connectivity index (χ2n) is 12.0. The number of benzene rings is 3. The molecule has 2 aliphatic heterocycles. The van der Waals surface area contributed by atoms with Crippen molar-refractivity contribution in [1.82, 2.24) is 29.4 Å². The number of piperidine rings is 1. The number of nitrogens with zero attached hydrogens (tertiary/aromatic N) is 7. The molecule has 0 saturated carbocycles. The van der Waals surface area contributed by atoms with Gasteiger partial charge < -0.3 is 9.47 Å². The monoisotopic (exact) mass is 703 g/mol. The second-order valence-corrected chi connectivity index (χ2v) is 12.8. The van der Waals surface area contributed by atoms with Crippen LogP contribution in [-0.2, 0) is 24.4 Å². The van der Waals surface area contributed by atoms with E-state index in [2.05, 4.69) is 26.1 Å². The molecule has 1 saturated heterocycles. The number of anilines is 2. The van der Waals surface area contributed by atoms with Gasteiger partial charge in [0, 0.05) is 47.2 Å². The Labute approximate surface area is 276 Å². The number of aromatic nitrogens is 5. The summed E-state index contributed by atoms with van der Waals surface area (Å²) in [5, 5.41) is 12.9. The number of amides is 2. The molecular formula is C34H29BrF3N7O2. The van der Waals surface area contributed by atoms with Crippen LogP contribution in [0.3, 0.4) is 0 Å². The maximum Gasteiger partial charge on any atom is 0.417 e. The number of fused-ring (bicyclic) bond motifs is 3. The zero-order chi connectivity index (χ0) is 33.0. The van der Waals surface area contributed by atoms with Crippen LogP contribution in [0.2, 0.25) is 0 Å².